The summed E-state index contributed by atoms with van der Waals surface area (Å²) in [5, 5.41) is 13.3. The molecule has 3 N–H and O–H groups in total. The van der Waals surface area contributed by atoms with Gasteiger partial charge >= 0.3 is 5.69 Å². The first kappa shape index (κ1) is 22.3. The van der Waals surface area contributed by atoms with Crippen LogP contribution < -0.4 is 16.6 Å². The Hall–Kier alpha value is -1.97. The minimum absolute atomic E-state index is 0.116. The summed E-state index contributed by atoms with van der Waals surface area (Å²) in [6.07, 6.45) is -0.757. The Morgan fingerprint density at radius 3 is 2.61 bits per heavy atom. The molecular formula is C19H31N3O6. The largest absolute Gasteiger partial charge is 0.388 e. The van der Waals surface area contributed by atoms with Gasteiger partial charge in [-0.3, -0.25) is 19.1 Å². The third-order valence-electron chi connectivity index (χ3n) is 4.98. The molecule has 0 aromatic carbocycles. The first-order chi connectivity index (χ1) is 13.0. The number of aliphatic hydroxyl groups is 1. The van der Waals surface area contributed by atoms with E-state index in [0.29, 0.717) is 12.0 Å². The number of nitrogens with one attached hydrogen (secondary N) is 2. The van der Waals surface area contributed by atoms with Crippen LogP contribution in [0.4, 0.5) is 0 Å². The van der Waals surface area contributed by atoms with Gasteiger partial charge in [-0.05, 0) is 26.2 Å². The Balaban J connectivity index is 2.50. The smallest absolute Gasteiger partial charge is 0.330 e. The standard InChI is InChI=1S/C19H31N3O6/c1-7-8-12-13(23)14(28-19(4,5)17(25)20-6)16(27-12)22-9-11(10(2)3)15(24)21-18(22)26/h9-10,12-14,16,23H,7-8H2,1-6H3,(H,20,25)(H,21,24,26). The van der Waals surface area contributed by atoms with E-state index in [0.717, 1.165) is 6.42 Å². The number of carbonyl (C=O) groups is 1. The third kappa shape index (κ3) is 4.37. The summed E-state index contributed by atoms with van der Waals surface area (Å²) in [5.74, 6) is -0.482. The summed E-state index contributed by atoms with van der Waals surface area (Å²) in [6, 6.07) is 0. The molecule has 1 aliphatic heterocycles. The highest BCUT2D eigenvalue weighted by Crippen LogP contribution is 2.35. The first-order valence-electron chi connectivity index (χ1n) is 9.62. The van der Waals surface area contributed by atoms with E-state index < -0.39 is 41.4 Å². The van der Waals surface area contributed by atoms with E-state index in [4.69, 9.17) is 9.47 Å². The molecule has 1 aromatic rings. The van der Waals surface area contributed by atoms with Crippen LogP contribution in [-0.4, -0.2) is 51.5 Å². The van der Waals surface area contributed by atoms with Gasteiger partial charge in [0.2, 0.25) is 0 Å². The van der Waals surface area contributed by atoms with E-state index in [-0.39, 0.29) is 11.8 Å². The van der Waals surface area contributed by atoms with Gasteiger partial charge in [0.1, 0.15) is 17.8 Å². The highest BCUT2D eigenvalue weighted by molar-refractivity contribution is 5.84. The molecule has 28 heavy (non-hydrogen) atoms. The fourth-order valence-electron chi connectivity index (χ4n) is 3.39. The fourth-order valence-corrected chi connectivity index (χ4v) is 3.39. The zero-order valence-corrected chi connectivity index (χ0v) is 17.3. The summed E-state index contributed by atoms with van der Waals surface area (Å²) in [7, 11) is 1.49. The molecule has 2 heterocycles. The summed E-state index contributed by atoms with van der Waals surface area (Å²) >= 11 is 0. The topological polar surface area (TPSA) is 123 Å². The van der Waals surface area contributed by atoms with Crippen molar-refractivity contribution >= 4 is 5.91 Å². The number of aliphatic hydroxyl groups excluding tert-OH is 1. The van der Waals surface area contributed by atoms with Gasteiger partial charge in [-0.25, -0.2) is 4.79 Å². The normalized spacial score (nSPS) is 25.3. The lowest BCUT2D eigenvalue weighted by Gasteiger charge is -2.31. The molecule has 0 saturated carbocycles. The number of H-pyrrole nitrogens is 1. The first-order valence-corrected chi connectivity index (χ1v) is 9.62. The Morgan fingerprint density at radius 1 is 1.43 bits per heavy atom. The Kier molecular flexibility index (Phi) is 6.84. The highest BCUT2D eigenvalue weighted by Gasteiger charge is 2.48. The van der Waals surface area contributed by atoms with Crippen LogP contribution in [0, 0.1) is 0 Å². The van der Waals surface area contributed by atoms with Crippen LogP contribution in [0.15, 0.2) is 15.8 Å². The number of rotatable bonds is 7. The van der Waals surface area contributed by atoms with Gasteiger partial charge in [0.05, 0.1) is 6.10 Å². The quantitative estimate of drug-likeness (QED) is 0.620. The number of ether oxygens (including phenoxy) is 2. The number of amides is 1. The lowest BCUT2D eigenvalue weighted by Crippen LogP contribution is -2.49. The van der Waals surface area contributed by atoms with Crippen molar-refractivity contribution in [1.29, 1.82) is 0 Å². The molecule has 4 unspecified atom stereocenters. The van der Waals surface area contributed by atoms with Crippen molar-refractivity contribution in [3.05, 3.63) is 32.6 Å². The van der Waals surface area contributed by atoms with Gasteiger partial charge in [0.25, 0.3) is 11.5 Å². The molecule has 0 bridgehead atoms. The molecule has 158 valence electrons. The molecule has 2 rings (SSSR count). The van der Waals surface area contributed by atoms with E-state index in [2.05, 4.69) is 10.3 Å². The van der Waals surface area contributed by atoms with Crippen LogP contribution in [-0.2, 0) is 14.3 Å². The van der Waals surface area contributed by atoms with Gasteiger partial charge in [0.15, 0.2) is 6.23 Å². The molecule has 1 fully saturated rings. The van der Waals surface area contributed by atoms with Crippen LogP contribution in [0.2, 0.25) is 0 Å². The Morgan fingerprint density at radius 2 is 2.07 bits per heavy atom. The highest BCUT2D eigenvalue weighted by atomic mass is 16.6. The zero-order chi connectivity index (χ0) is 21.2. The average Bonchev–Trinajstić information content (AvgIpc) is 2.90. The van der Waals surface area contributed by atoms with Crippen molar-refractivity contribution < 1.29 is 19.4 Å². The maximum Gasteiger partial charge on any atom is 0.330 e. The van der Waals surface area contributed by atoms with Crippen LogP contribution in [0.3, 0.4) is 0 Å². The van der Waals surface area contributed by atoms with Crippen LogP contribution in [0.25, 0.3) is 0 Å². The number of aromatic amines is 1. The maximum absolute atomic E-state index is 12.5. The molecular weight excluding hydrogens is 366 g/mol. The summed E-state index contributed by atoms with van der Waals surface area (Å²) in [6.45, 7) is 8.80. The second-order valence-electron chi connectivity index (χ2n) is 7.92. The van der Waals surface area contributed by atoms with Gasteiger partial charge in [-0.15, -0.1) is 0 Å². The van der Waals surface area contributed by atoms with Crippen molar-refractivity contribution in [2.75, 3.05) is 7.05 Å². The summed E-state index contributed by atoms with van der Waals surface area (Å²) in [5.41, 5.74) is -1.95. The summed E-state index contributed by atoms with van der Waals surface area (Å²) < 4.78 is 13.2. The molecule has 0 spiro atoms. The van der Waals surface area contributed by atoms with Crippen molar-refractivity contribution in [3.8, 4) is 0 Å². The molecule has 9 heteroatoms. The van der Waals surface area contributed by atoms with Crippen molar-refractivity contribution in [2.45, 2.75) is 83.5 Å². The predicted octanol–water partition coefficient (Wildman–Crippen LogP) is 0.628. The zero-order valence-electron chi connectivity index (χ0n) is 17.3. The predicted molar refractivity (Wildman–Crippen MR) is 103 cm³/mol. The second kappa shape index (κ2) is 8.59. The summed E-state index contributed by atoms with van der Waals surface area (Å²) in [4.78, 5) is 39.0. The second-order valence-corrected chi connectivity index (χ2v) is 7.92. The van der Waals surface area contributed by atoms with Gasteiger partial charge in [-0.2, -0.15) is 0 Å². The Bertz CT molecular complexity index is 813. The van der Waals surface area contributed by atoms with Crippen LogP contribution in [0.5, 0.6) is 0 Å². The number of carbonyl (C=O) groups excluding carboxylic acids is 1. The van der Waals surface area contributed by atoms with Crippen LogP contribution >= 0.6 is 0 Å². The number of hydrogen-bond acceptors (Lipinski definition) is 6. The van der Waals surface area contributed by atoms with E-state index in [1.54, 1.807) is 13.8 Å². The van der Waals surface area contributed by atoms with Crippen molar-refractivity contribution in [1.82, 2.24) is 14.9 Å². The van der Waals surface area contributed by atoms with Crippen molar-refractivity contribution in [2.24, 2.45) is 0 Å². The third-order valence-corrected chi connectivity index (χ3v) is 4.98. The van der Waals surface area contributed by atoms with Crippen molar-refractivity contribution in [3.63, 3.8) is 0 Å². The molecule has 1 aromatic heterocycles. The van der Waals surface area contributed by atoms with E-state index in [1.165, 1.54) is 17.8 Å². The number of hydrogen-bond donors (Lipinski definition) is 3. The number of nitrogens with zero attached hydrogens (tertiary/aromatic N) is 1. The van der Waals surface area contributed by atoms with E-state index >= 15 is 0 Å². The van der Waals surface area contributed by atoms with Crippen LogP contribution in [0.1, 0.15) is 65.2 Å². The Labute approximate surface area is 164 Å². The van der Waals surface area contributed by atoms with Gasteiger partial charge in [-0.1, -0.05) is 27.2 Å². The van der Waals surface area contributed by atoms with E-state index in [1.807, 2.05) is 20.8 Å². The maximum atomic E-state index is 12.5. The molecule has 1 saturated heterocycles. The molecule has 9 nitrogen and oxygen atoms in total. The SMILES string of the molecule is CCCC1OC(n2cc(C(C)C)c(=O)[nH]c2=O)C(OC(C)(C)C(=O)NC)C1O. The minimum atomic E-state index is -1.25. The molecule has 0 aliphatic carbocycles. The number of likely N-dealkylation sites (N-methyl/N-ethyl adjacent to an activating group) is 1. The van der Waals surface area contributed by atoms with Gasteiger partial charge < -0.3 is 19.9 Å². The number of aromatic nitrogens is 2. The minimum Gasteiger partial charge on any atom is -0.388 e. The monoisotopic (exact) mass is 397 g/mol. The van der Waals surface area contributed by atoms with Gasteiger partial charge in [0, 0.05) is 18.8 Å². The lowest BCUT2D eigenvalue weighted by molar-refractivity contribution is -0.165. The molecule has 1 aliphatic rings. The molecule has 0 radical (unpaired) electrons. The molecule has 4 atom stereocenters. The lowest BCUT2D eigenvalue weighted by atomic mass is 10.0. The molecule has 1 amide bonds. The fraction of sp³-hybridized carbons (Fsp3) is 0.737. The average molecular weight is 397 g/mol. The van der Waals surface area contributed by atoms with E-state index in [9.17, 15) is 19.5 Å².